The molecular weight excluding hydrogens is 274 g/mol. The van der Waals surface area contributed by atoms with E-state index in [0.29, 0.717) is 17.5 Å². The molecule has 104 valence electrons. The number of thioether (sulfide) groups is 1. The summed E-state index contributed by atoms with van der Waals surface area (Å²) in [5.41, 5.74) is 0.880. The van der Waals surface area contributed by atoms with Crippen LogP contribution in [0.3, 0.4) is 0 Å². The SMILES string of the molecule is C=CCNC(=O)CSc1nnc(-c2ccccc2)n1N. The Bertz CT molecular complexity index is 596. The fraction of sp³-hybridized carbons (Fsp3) is 0.154. The largest absolute Gasteiger partial charge is 0.352 e. The maximum Gasteiger partial charge on any atom is 0.230 e. The van der Waals surface area contributed by atoms with Gasteiger partial charge in [0.25, 0.3) is 0 Å². The third-order valence-corrected chi connectivity index (χ3v) is 3.42. The quantitative estimate of drug-likeness (QED) is 0.472. The number of nitrogens with one attached hydrogen (secondary N) is 1. The van der Waals surface area contributed by atoms with E-state index in [2.05, 4.69) is 22.1 Å². The first-order chi connectivity index (χ1) is 9.72. The summed E-state index contributed by atoms with van der Waals surface area (Å²) in [6, 6.07) is 9.52. The zero-order valence-electron chi connectivity index (χ0n) is 10.8. The molecule has 0 aliphatic carbocycles. The first-order valence-electron chi connectivity index (χ1n) is 5.98. The Balaban J connectivity index is 2.03. The number of nitrogen functional groups attached to an aromatic ring is 1. The van der Waals surface area contributed by atoms with Gasteiger partial charge in [-0.1, -0.05) is 48.2 Å². The summed E-state index contributed by atoms with van der Waals surface area (Å²) in [7, 11) is 0. The van der Waals surface area contributed by atoms with Crippen molar-refractivity contribution in [3.63, 3.8) is 0 Å². The normalized spacial score (nSPS) is 10.2. The van der Waals surface area contributed by atoms with E-state index in [1.54, 1.807) is 6.08 Å². The molecule has 1 amide bonds. The summed E-state index contributed by atoms with van der Waals surface area (Å²) >= 11 is 1.24. The molecule has 2 aromatic rings. The van der Waals surface area contributed by atoms with Gasteiger partial charge in [0.1, 0.15) is 0 Å². The molecule has 2 rings (SSSR count). The van der Waals surface area contributed by atoms with Crippen molar-refractivity contribution in [1.82, 2.24) is 20.2 Å². The van der Waals surface area contributed by atoms with Crippen LogP contribution in [0.25, 0.3) is 11.4 Å². The van der Waals surface area contributed by atoms with Crippen LogP contribution in [0.2, 0.25) is 0 Å². The van der Waals surface area contributed by atoms with Gasteiger partial charge in [-0.15, -0.1) is 16.8 Å². The minimum atomic E-state index is -0.0980. The highest BCUT2D eigenvalue weighted by molar-refractivity contribution is 7.99. The molecule has 0 fully saturated rings. The van der Waals surface area contributed by atoms with E-state index >= 15 is 0 Å². The fourth-order valence-electron chi connectivity index (χ4n) is 1.53. The average molecular weight is 289 g/mol. The van der Waals surface area contributed by atoms with Gasteiger partial charge in [-0.2, -0.15) is 0 Å². The fourth-order valence-corrected chi connectivity index (χ4v) is 2.21. The van der Waals surface area contributed by atoms with Crippen molar-refractivity contribution >= 4 is 17.7 Å². The predicted molar refractivity (Wildman–Crippen MR) is 79.5 cm³/mol. The van der Waals surface area contributed by atoms with Crippen molar-refractivity contribution in [2.75, 3.05) is 18.1 Å². The minimum absolute atomic E-state index is 0.0980. The third-order valence-electron chi connectivity index (χ3n) is 2.47. The molecule has 6 nitrogen and oxygen atoms in total. The molecule has 0 aliphatic heterocycles. The topological polar surface area (TPSA) is 85.8 Å². The number of rotatable bonds is 6. The minimum Gasteiger partial charge on any atom is -0.352 e. The third kappa shape index (κ3) is 3.39. The van der Waals surface area contributed by atoms with E-state index in [4.69, 9.17) is 5.84 Å². The number of nitrogens with two attached hydrogens (primary N) is 1. The van der Waals surface area contributed by atoms with E-state index in [0.717, 1.165) is 5.56 Å². The molecule has 0 atom stereocenters. The van der Waals surface area contributed by atoms with Crippen LogP contribution in [-0.2, 0) is 4.79 Å². The van der Waals surface area contributed by atoms with Crippen molar-refractivity contribution in [3.8, 4) is 11.4 Å². The summed E-state index contributed by atoms with van der Waals surface area (Å²) in [5, 5.41) is 11.2. The second kappa shape index (κ2) is 6.76. The Hall–Kier alpha value is -2.28. The molecule has 3 N–H and O–H groups in total. The number of hydrogen-bond acceptors (Lipinski definition) is 5. The van der Waals surface area contributed by atoms with Crippen LogP contribution < -0.4 is 11.2 Å². The Kier molecular flexibility index (Phi) is 4.78. The molecule has 0 spiro atoms. The number of hydrogen-bond donors (Lipinski definition) is 2. The molecule has 0 aliphatic rings. The highest BCUT2D eigenvalue weighted by Crippen LogP contribution is 2.20. The number of aromatic nitrogens is 3. The van der Waals surface area contributed by atoms with Crippen LogP contribution in [0.4, 0.5) is 0 Å². The van der Waals surface area contributed by atoms with Crippen molar-refractivity contribution in [1.29, 1.82) is 0 Å². The zero-order chi connectivity index (χ0) is 14.4. The number of nitrogens with zero attached hydrogens (tertiary/aromatic N) is 3. The Labute approximate surface area is 121 Å². The summed E-state index contributed by atoms with van der Waals surface area (Å²) in [4.78, 5) is 11.5. The van der Waals surface area contributed by atoms with Crippen LogP contribution >= 0.6 is 11.8 Å². The van der Waals surface area contributed by atoms with Gasteiger partial charge in [-0.3, -0.25) is 4.79 Å². The van der Waals surface area contributed by atoms with Crippen molar-refractivity contribution in [2.24, 2.45) is 0 Å². The molecule has 0 unspecified atom stereocenters. The Morgan fingerprint density at radius 2 is 2.15 bits per heavy atom. The molecule has 7 heteroatoms. The summed E-state index contributed by atoms with van der Waals surface area (Å²) in [6.45, 7) is 3.98. The summed E-state index contributed by atoms with van der Waals surface area (Å²) in [6.07, 6.45) is 1.63. The lowest BCUT2D eigenvalue weighted by Gasteiger charge is -2.04. The smallest absolute Gasteiger partial charge is 0.230 e. The second-order valence-electron chi connectivity index (χ2n) is 3.92. The lowest BCUT2D eigenvalue weighted by molar-refractivity contribution is -0.118. The molecule has 1 heterocycles. The van der Waals surface area contributed by atoms with E-state index in [1.165, 1.54) is 16.4 Å². The van der Waals surface area contributed by atoms with Crippen LogP contribution in [-0.4, -0.2) is 33.1 Å². The summed E-state index contributed by atoms with van der Waals surface area (Å²) in [5.74, 6) is 6.65. The number of benzene rings is 1. The van der Waals surface area contributed by atoms with E-state index in [-0.39, 0.29) is 11.7 Å². The van der Waals surface area contributed by atoms with Gasteiger partial charge < -0.3 is 11.2 Å². The van der Waals surface area contributed by atoms with Crippen LogP contribution in [0.15, 0.2) is 48.1 Å². The van der Waals surface area contributed by atoms with E-state index in [1.807, 2.05) is 30.3 Å². The van der Waals surface area contributed by atoms with Gasteiger partial charge in [0.05, 0.1) is 5.75 Å². The van der Waals surface area contributed by atoms with Crippen LogP contribution in [0.1, 0.15) is 0 Å². The first-order valence-corrected chi connectivity index (χ1v) is 6.97. The van der Waals surface area contributed by atoms with Crippen LogP contribution in [0, 0.1) is 0 Å². The molecule has 0 saturated carbocycles. The molecule has 0 bridgehead atoms. The highest BCUT2D eigenvalue weighted by atomic mass is 32.2. The lowest BCUT2D eigenvalue weighted by Crippen LogP contribution is -2.25. The zero-order valence-corrected chi connectivity index (χ0v) is 11.6. The van der Waals surface area contributed by atoms with Crippen molar-refractivity contribution in [2.45, 2.75) is 5.16 Å². The van der Waals surface area contributed by atoms with Crippen molar-refractivity contribution < 1.29 is 4.79 Å². The number of amides is 1. The first kappa shape index (κ1) is 14.1. The van der Waals surface area contributed by atoms with Gasteiger partial charge in [0.2, 0.25) is 11.1 Å². The molecule has 0 saturated heterocycles. The van der Waals surface area contributed by atoms with E-state index < -0.39 is 0 Å². The van der Waals surface area contributed by atoms with Gasteiger partial charge >= 0.3 is 0 Å². The molecule has 0 radical (unpaired) electrons. The standard InChI is InChI=1S/C13H15N5OS/c1-2-8-15-11(19)9-20-13-17-16-12(18(13)14)10-6-4-3-5-7-10/h2-7H,1,8-9,14H2,(H,15,19). The van der Waals surface area contributed by atoms with E-state index in [9.17, 15) is 4.79 Å². The molecule has 20 heavy (non-hydrogen) atoms. The molecule has 1 aromatic heterocycles. The monoisotopic (exact) mass is 289 g/mol. The van der Waals surface area contributed by atoms with Crippen LogP contribution in [0.5, 0.6) is 0 Å². The maximum atomic E-state index is 11.5. The Morgan fingerprint density at radius 1 is 1.40 bits per heavy atom. The van der Waals surface area contributed by atoms with Gasteiger partial charge in [-0.05, 0) is 0 Å². The number of carbonyl (C=O) groups is 1. The van der Waals surface area contributed by atoms with Gasteiger partial charge in [-0.25, -0.2) is 4.68 Å². The second-order valence-corrected chi connectivity index (χ2v) is 4.87. The average Bonchev–Trinajstić information content (AvgIpc) is 2.85. The summed E-state index contributed by atoms with van der Waals surface area (Å²) < 4.78 is 1.39. The molecular formula is C13H15N5OS. The van der Waals surface area contributed by atoms with Crippen molar-refractivity contribution in [3.05, 3.63) is 43.0 Å². The van der Waals surface area contributed by atoms with Gasteiger partial charge in [0.15, 0.2) is 5.82 Å². The van der Waals surface area contributed by atoms with Gasteiger partial charge in [0, 0.05) is 12.1 Å². The number of carbonyl (C=O) groups excluding carboxylic acids is 1. The predicted octanol–water partition coefficient (Wildman–Crippen LogP) is 1.05. The lowest BCUT2D eigenvalue weighted by atomic mass is 10.2. The molecule has 1 aromatic carbocycles. The maximum absolute atomic E-state index is 11.5. The highest BCUT2D eigenvalue weighted by Gasteiger charge is 2.13. The Morgan fingerprint density at radius 3 is 2.85 bits per heavy atom.